The van der Waals surface area contributed by atoms with Crippen molar-refractivity contribution in [2.24, 2.45) is 0 Å². The number of nitrogens with one attached hydrogen (secondary N) is 1. The zero-order chi connectivity index (χ0) is 19.6. The molecule has 3 amide bonds. The van der Waals surface area contributed by atoms with Gasteiger partial charge in [-0.2, -0.15) is 4.31 Å². The summed E-state index contributed by atoms with van der Waals surface area (Å²) in [6, 6.07) is 5.62. The van der Waals surface area contributed by atoms with Gasteiger partial charge in [-0.3, -0.25) is 19.4 Å². The first-order valence-corrected chi connectivity index (χ1v) is 10.1. The summed E-state index contributed by atoms with van der Waals surface area (Å²) in [4.78, 5) is 38.3. The third-order valence-corrected chi connectivity index (χ3v) is 6.62. The second-order valence-electron chi connectivity index (χ2n) is 6.54. The molecule has 2 fully saturated rings. The standard InChI is InChI=1S/C17H22N4O5S/c1-13(22)14-3-2-4-15(11-14)27(25,26)20-9-7-19(8-10-20)12-16(23)21-6-5-18-17(21)24/h2-4,11H,5-10,12H2,1H3,(H,18,24). The maximum Gasteiger partial charge on any atom is 0.324 e. The molecule has 1 aromatic carbocycles. The van der Waals surface area contributed by atoms with Crippen molar-refractivity contribution in [1.29, 1.82) is 0 Å². The second-order valence-corrected chi connectivity index (χ2v) is 8.48. The summed E-state index contributed by atoms with van der Waals surface area (Å²) in [5.41, 5.74) is 0.351. The zero-order valence-corrected chi connectivity index (χ0v) is 15.9. The Bertz CT molecular complexity index is 862. The van der Waals surface area contributed by atoms with Gasteiger partial charge in [-0.1, -0.05) is 12.1 Å². The van der Waals surface area contributed by atoms with E-state index in [0.29, 0.717) is 31.7 Å². The summed E-state index contributed by atoms with van der Waals surface area (Å²) in [5.74, 6) is -0.475. The Morgan fingerprint density at radius 3 is 2.41 bits per heavy atom. The molecule has 0 atom stereocenters. The Morgan fingerprint density at radius 2 is 1.81 bits per heavy atom. The predicted octanol–water partition coefficient (Wildman–Crippen LogP) is -0.253. The van der Waals surface area contributed by atoms with Crippen LogP contribution in [0, 0.1) is 0 Å². The number of Topliss-reactive ketones (excluding diaryl/α,β-unsaturated/α-hetero) is 1. The zero-order valence-electron chi connectivity index (χ0n) is 15.1. The quantitative estimate of drug-likeness (QED) is 0.690. The van der Waals surface area contributed by atoms with Crippen LogP contribution in [0.1, 0.15) is 17.3 Å². The van der Waals surface area contributed by atoms with Crippen molar-refractivity contribution in [2.75, 3.05) is 45.8 Å². The van der Waals surface area contributed by atoms with Crippen molar-refractivity contribution in [1.82, 2.24) is 19.4 Å². The lowest BCUT2D eigenvalue weighted by molar-refractivity contribution is -0.129. The highest BCUT2D eigenvalue weighted by Crippen LogP contribution is 2.19. The van der Waals surface area contributed by atoms with E-state index in [1.54, 1.807) is 12.1 Å². The normalized spacial score (nSPS) is 19.1. The molecule has 0 aromatic heterocycles. The van der Waals surface area contributed by atoms with E-state index in [-0.39, 0.29) is 42.3 Å². The van der Waals surface area contributed by atoms with E-state index >= 15 is 0 Å². The summed E-state index contributed by atoms with van der Waals surface area (Å²) >= 11 is 0. The molecular formula is C17H22N4O5S. The molecule has 0 aliphatic carbocycles. The fourth-order valence-corrected chi connectivity index (χ4v) is 4.61. The highest BCUT2D eigenvalue weighted by Gasteiger charge is 2.32. The molecule has 2 heterocycles. The highest BCUT2D eigenvalue weighted by atomic mass is 32.2. The van der Waals surface area contributed by atoms with Crippen LogP contribution in [0.4, 0.5) is 4.79 Å². The van der Waals surface area contributed by atoms with E-state index < -0.39 is 10.0 Å². The van der Waals surface area contributed by atoms with Crippen molar-refractivity contribution >= 4 is 27.7 Å². The Kier molecular flexibility index (Phi) is 5.59. The van der Waals surface area contributed by atoms with E-state index in [1.165, 1.54) is 28.3 Å². The van der Waals surface area contributed by atoms with Crippen molar-refractivity contribution in [2.45, 2.75) is 11.8 Å². The van der Waals surface area contributed by atoms with Gasteiger partial charge >= 0.3 is 6.03 Å². The Hall–Kier alpha value is -2.30. The molecule has 2 aliphatic heterocycles. The van der Waals surface area contributed by atoms with Gasteiger partial charge in [0.1, 0.15) is 0 Å². The molecule has 2 saturated heterocycles. The second kappa shape index (κ2) is 7.75. The third-order valence-electron chi connectivity index (χ3n) is 4.73. The molecule has 3 rings (SSSR count). The molecule has 0 spiro atoms. The number of ketones is 1. The maximum absolute atomic E-state index is 12.8. The van der Waals surface area contributed by atoms with Crippen molar-refractivity contribution < 1.29 is 22.8 Å². The number of hydrogen-bond acceptors (Lipinski definition) is 6. The van der Waals surface area contributed by atoms with Gasteiger partial charge in [-0.05, 0) is 19.1 Å². The minimum absolute atomic E-state index is 0.0845. The monoisotopic (exact) mass is 394 g/mol. The number of rotatable bonds is 5. The van der Waals surface area contributed by atoms with Crippen LogP contribution in [0.15, 0.2) is 29.2 Å². The number of sulfonamides is 1. The lowest BCUT2D eigenvalue weighted by atomic mass is 10.2. The molecule has 10 heteroatoms. The molecule has 0 radical (unpaired) electrons. The van der Waals surface area contributed by atoms with E-state index in [4.69, 9.17) is 0 Å². The average Bonchev–Trinajstić information content (AvgIpc) is 3.08. The van der Waals surface area contributed by atoms with Crippen LogP contribution < -0.4 is 5.32 Å². The van der Waals surface area contributed by atoms with E-state index in [0.717, 1.165) is 0 Å². The van der Waals surface area contributed by atoms with Crippen LogP contribution in [0.2, 0.25) is 0 Å². The van der Waals surface area contributed by atoms with Gasteiger partial charge in [0.15, 0.2) is 5.78 Å². The number of urea groups is 1. The first-order valence-electron chi connectivity index (χ1n) is 8.71. The van der Waals surface area contributed by atoms with Crippen molar-refractivity contribution in [3.8, 4) is 0 Å². The minimum atomic E-state index is -3.70. The predicted molar refractivity (Wildman–Crippen MR) is 96.8 cm³/mol. The number of amides is 3. The summed E-state index contributed by atoms with van der Waals surface area (Å²) < 4.78 is 27.0. The van der Waals surface area contributed by atoms with Gasteiger partial charge < -0.3 is 5.32 Å². The van der Waals surface area contributed by atoms with Gasteiger partial charge in [-0.15, -0.1) is 0 Å². The highest BCUT2D eigenvalue weighted by molar-refractivity contribution is 7.89. The first kappa shape index (κ1) is 19.5. The molecule has 0 bridgehead atoms. The molecule has 1 N–H and O–H groups in total. The SMILES string of the molecule is CC(=O)c1cccc(S(=O)(=O)N2CCN(CC(=O)N3CCNC3=O)CC2)c1. The molecule has 146 valence electrons. The molecular weight excluding hydrogens is 372 g/mol. The number of carbonyl (C=O) groups excluding carboxylic acids is 3. The van der Waals surface area contributed by atoms with Crippen molar-refractivity contribution in [3.05, 3.63) is 29.8 Å². The first-order chi connectivity index (χ1) is 12.8. The number of hydrogen-bond donors (Lipinski definition) is 1. The topological polar surface area (TPSA) is 107 Å². The van der Waals surface area contributed by atoms with Crippen LogP contribution in [0.25, 0.3) is 0 Å². The third kappa shape index (κ3) is 4.18. The van der Waals surface area contributed by atoms with Gasteiger partial charge in [0.25, 0.3) is 0 Å². The fraction of sp³-hybridized carbons (Fsp3) is 0.471. The van der Waals surface area contributed by atoms with Crippen LogP contribution in [0.5, 0.6) is 0 Å². The summed E-state index contributed by atoms with van der Waals surface area (Å²) in [6.07, 6.45) is 0. The van der Waals surface area contributed by atoms with Crippen LogP contribution in [0.3, 0.4) is 0 Å². The molecule has 1 aromatic rings. The van der Waals surface area contributed by atoms with Gasteiger partial charge in [0.05, 0.1) is 11.4 Å². The molecule has 0 unspecified atom stereocenters. The molecule has 2 aliphatic rings. The lowest BCUT2D eigenvalue weighted by Gasteiger charge is -2.34. The number of piperazine rings is 1. The summed E-state index contributed by atoms with van der Waals surface area (Å²) in [6.45, 7) is 3.57. The molecule has 9 nitrogen and oxygen atoms in total. The van der Waals surface area contributed by atoms with Crippen LogP contribution in [-0.2, 0) is 14.8 Å². The molecule has 0 saturated carbocycles. The van der Waals surface area contributed by atoms with E-state index in [9.17, 15) is 22.8 Å². The number of carbonyl (C=O) groups is 3. The smallest absolute Gasteiger partial charge is 0.324 e. The van der Waals surface area contributed by atoms with Crippen molar-refractivity contribution in [3.63, 3.8) is 0 Å². The average molecular weight is 394 g/mol. The largest absolute Gasteiger partial charge is 0.336 e. The van der Waals surface area contributed by atoms with Gasteiger partial charge in [-0.25, -0.2) is 13.2 Å². The Morgan fingerprint density at radius 1 is 1.11 bits per heavy atom. The van der Waals surface area contributed by atoms with Gasteiger partial charge in [0, 0.05) is 44.8 Å². The fourth-order valence-electron chi connectivity index (χ4n) is 3.14. The molecule has 27 heavy (non-hydrogen) atoms. The van der Waals surface area contributed by atoms with Gasteiger partial charge in [0.2, 0.25) is 15.9 Å². The van der Waals surface area contributed by atoms with E-state index in [1.807, 2.05) is 4.90 Å². The Labute approximate surface area is 158 Å². The number of benzene rings is 1. The maximum atomic E-state index is 12.8. The van der Waals surface area contributed by atoms with Crippen LogP contribution >= 0.6 is 0 Å². The number of imide groups is 1. The summed E-state index contributed by atoms with van der Waals surface area (Å²) in [5, 5.41) is 2.58. The minimum Gasteiger partial charge on any atom is -0.336 e. The lowest BCUT2D eigenvalue weighted by Crippen LogP contribution is -2.51. The van der Waals surface area contributed by atoms with E-state index in [2.05, 4.69) is 5.32 Å². The Balaban J connectivity index is 1.61. The van der Waals surface area contributed by atoms with Crippen LogP contribution in [-0.4, -0.2) is 86.1 Å². The summed E-state index contributed by atoms with van der Waals surface area (Å²) in [7, 11) is -3.70. The number of nitrogens with zero attached hydrogens (tertiary/aromatic N) is 3.